The Hall–Kier alpha value is -1.55. The summed E-state index contributed by atoms with van der Waals surface area (Å²) >= 11 is 0. The summed E-state index contributed by atoms with van der Waals surface area (Å²) in [7, 11) is 2.12. The highest BCUT2D eigenvalue weighted by atomic mass is 16.1. The van der Waals surface area contributed by atoms with Gasteiger partial charge in [-0.3, -0.25) is 4.79 Å². The largest absolute Gasteiger partial charge is 0.399 e. The summed E-state index contributed by atoms with van der Waals surface area (Å²) in [5, 5.41) is 3.15. The maximum atomic E-state index is 12.2. The quantitative estimate of drug-likeness (QED) is 0.812. The van der Waals surface area contributed by atoms with Gasteiger partial charge in [-0.1, -0.05) is 12.1 Å². The lowest BCUT2D eigenvalue weighted by molar-refractivity contribution is -0.123. The summed E-state index contributed by atoms with van der Waals surface area (Å²) in [6.45, 7) is 4.04. The molecule has 19 heavy (non-hydrogen) atoms. The molecule has 1 heterocycles. The number of nitrogens with two attached hydrogens (primary N) is 1. The van der Waals surface area contributed by atoms with Crippen molar-refractivity contribution in [3.05, 3.63) is 29.8 Å². The minimum Gasteiger partial charge on any atom is -0.399 e. The molecule has 4 nitrogen and oxygen atoms in total. The molecule has 1 fully saturated rings. The Labute approximate surface area is 115 Å². The number of anilines is 1. The number of nitrogens with zero attached hydrogens (tertiary/aromatic N) is 1. The number of nitrogen functional groups attached to an aromatic ring is 1. The Balaban J connectivity index is 1.92. The molecule has 0 bridgehead atoms. The molecule has 0 spiro atoms. The minimum atomic E-state index is -0.150. The fourth-order valence-electron chi connectivity index (χ4n) is 2.46. The Morgan fingerprint density at radius 2 is 2.11 bits per heavy atom. The first-order valence-electron chi connectivity index (χ1n) is 6.90. The van der Waals surface area contributed by atoms with E-state index in [2.05, 4.69) is 17.3 Å². The van der Waals surface area contributed by atoms with E-state index < -0.39 is 0 Å². The van der Waals surface area contributed by atoms with Gasteiger partial charge in [-0.15, -0.1) is 0 Å². The number of amides is 1. The van der Waals surface area contributed by atoms with E-state index in [1.165, 1.54) is 0 Å². The number of likely N-dealkylation sites (tertiary alicyclic amines) is 1. The second kappa shape index (κ2) is 6.06. The van der Waals surface area contributed by atoms with Gasteiger partial charge < -0.3 is 16.0 Å². The average Bonchev–Trinajstić information content (AvgIpc) is 2.40. The molecule has 0 radical (unpaired) electrons. The van der Waals surface area contributed by atoms with E-state index in [0.717, 1.165) is 31.5 Å². The lowest BCUT2D eigenvalue weighted by Crippen LogP contribution is -2.44. The third-order valence-corrected chi connectivity index (χ3v) is 3.87. The zero-order valence-corrected chi connectivity index (χ0v) is 11.7. The molecule has 4 heteroatoms. The summed E-state index contributed by atoms with van der Waals surface area (Å²) < 4.78 is 0. The van der Waals surface area contributed by atoms with E-state index in [1.807, 2.05) is 31.2 Å². The van der Waals surface area contributed by atoms with Crippen LogP contribution >= 0.6 is 0 Å². The third kappa shape index (κ3) is 3.70. The number of hydrogen-bond donors (Lipinski definition) is 2. The number of piperidine rings is 1. The highest BCUT2D eigenvalue weighted by molar-refractivity contribution is 5.83. The van der Waals surface area contributed by atoms with Crippen LogP contribution in [-0.4, -0.2) is 37.0 Å². The Morgan fingerprint density at radius 3 is 2.74 bits per heavy atom. The third-order valence-electron chi connectivity index (χ3n) is 3.87. The van der Waals surface area contributed by atoms with Crippen molar-refractivity contribution >= 4 is 11.6 Å². The van der Waals surface area contributed by atoms with Crippen molar-refractivity contribution in [2.75, 3.05) is 25.9 Å². The molecule has 1 atom stereocenters. The molecule has 1 unspecified atom stereocenters. The molecule has 1 aromatic rings. The summed E-state index contributed by atoms with van der Waals surface area (Å²) in [4.78, 5) is 14.5. The van der Waals surface area contributed by atoms with Crippen molar-refractivity contribution in [3.63, 3.8) is 0 Å². The summed E-state index contributed by atoms with van der Waals surface area (Å²) in [6, 6.07) is 7.87. The topological polar surface area (TPSA) is 58.4 Å². The lowest BCUT2D eigenvalue weighted by atomic mass is 9.98. The molecule has 3 N–H and O–H groups in total. The van der Waals surface area contributed by atoms with Crippen molar-refractivity contribution in [1.29, 1.82) is 0 Å². The van der Waals surface area contributed by atoms with E-state index >= 15 is 0 Å². The second-order valence-corrected chi connectivity index (χ2v) is 5.48. The molecule has 1 aromatic carbocycles. The maximum Gasteiger partial charge on any atom is 0.227 e. The van der Waals surface area contributed by atoms with Gasteiger partial charge in [0, 0.05) is 11.7 Å². The summed E-state index contributed by atoms with van der Waals surface area (Å²) in [5.41, 5.74) is 7.44. The lowest BCUT2D eigenvalue weighted by Gasteiger charge is -2.30. The standard InChI is InChI=1S/C15H23N3O/c1-11(12-4-3-5-13(16)10-12)15(19)17-14-6-8-18(2)9-7-14/h3-5,10-11,14H,6-9,16H2,1-2H3,(H,17,19). The highest BCUT2D eigenvalue weighted by Crippen LogP contribution is 2.19. The van der Waals surface area contributed by atoms with Crippen LogP contribution in [0.1, 0.15) is 31.2 Å². The van der Waals surface area contributed by atoms with Crippen LogP contribution in [0.25, 0.3) is 0 Å². The first kappa shape index (κ1) is 13.9. The minimum absolute atomic E-state index is 0.0974. The monoisotopic (exact) mass is 261 g/mol. The fourth-order valence-corrected chi connectivity index (χ4v) is 2.46. The van der Waals surface area contributed by atoms with Crippen molar-refractivity contribution < 1.29 is 4.79 Å². The average molecular weight is 261 g/mol. The van der Waals surface area contributed by atoms with Crippen LogP contribution in [0.5, 0.6) is 0 Å². The molecule has 104 valence electrons. The van der Waals surface area contributed by atoms with E-state index in [-0.39, 0.29) is 11.8 Å². The van der Waals surface area contributed by atoms with Crippen LogP contribution in [0.3, 0.4) is 0 Å². The van der Waals surface area contributed by atoms with Gasteiger partial charge in [0.2, 0.25) is 5.91 Å². The zero-order valence-electron chi connectivity index (χ0n) is 11.7. The van der Waals surface area contributed by atoms with Gasteiger partial charge >= 0.3 is 0 Å². The van der Waals surface area contributed by atoms with Gasteiger partial charge in [0.25, 0.3) is 0 Å². The normalized spacial score (nSPS) is 19.1. The summed E-state index contributed by atoms with van der Waals surface area (Å²) in [5.74, 6) is -0.0525. The first-order chi connectivity index (χ1) is 9.06. The highest BCUT2D eigenvalue weighted by Gasteiger charge is 2.22. The number of carbonyl (C=O) groups is 1. The van der Waals surface area contributed by atoms with Crippen molar-refractivity contribution in [2.45, 2.75) is 31.7 Å². The van der Waals surface area contributed by atoms with Gasteiger partial charge in [0.15, 0.2) is 0 Å². The molecule has 1 amide bonds. The van der Waals surface area contributed by atoms with Crippen LogP contribution in [-0.2, 0) is 4.79 Å². The van der Waals surface area contributed by atoms with Gasteiger partial charge in [-0.25, -0.2) is 0 Å². The smallest absolute Gasteiger partial charge is 0.227 e. The molecule has 1 aliphatic heterocycles. The Bertz CT molecular complexity index is 439. The second-order valence-electron chi connectivity index (χ2n) is 5.48. The predicted octanol–water partition coefficient (Wildman–Crippen LogP) is 1.58. The Morgan fingerprint density at radius 1 is 1.42 bits per heavy atom. The molecule has 0 saturated carbocycles. The Kier molecular flexibility index (Phi) is 4.43. The first-order valence-corrected chi connectivity index (χ1v) is 6.90. The molecule has 1 saturated heterocycles. The van der Waals surface area contributed by atoms with Crippen LogP contribution in [0.15, 0.2) is 24.3 Å². The van der Waals surface area contributed by atoms with Crippen molar-refractivity contribution in [2.24, 2.45) is 0 Å². The van der Waals surface area contributed by atoms with E-state index in [4.69, 9.17) is 5.73 Å². The van der Waals surface area contributed by atoms with Gasteiger partial charge in [-0.2, -0.15) is 0 Å². The van der Waals surface area contributed by atoms with Gasteiger partial charge in [0.05, 0.1) is 5.92 Å². The predicted molar refractivity (Wildman–Crippen MR) is 77.9 cm³/mol. The molecule has 1 aliphatic rings. The van der Waals surface area contributed by atoms with Crippen LogP contribution in [0.4, 0.5) is 5.69 Å². The number of rotatable bonds is 3. The zero-order chi connectivity index (χ0) is 13.8. The number of nitrogens with one attached hydrogen (secondary N) is 1. The molecular formula is C15H23N3O. The van der Waals surface area contributed by atoms with Gasteiger partial charge in [-0.05, 0) is 57.6 Å². The maximum absolute atomic E-state index is 12.2. The van der Waals surface area contributed by atoms with Crippen molar-refractivity contribution in [3.8, 4) is 0 Å². The molecular weight excluding hydrogens is 238 g/mol. The van der Waals surface area contributed by atoms with Crippen LogP contribution in [0, 0.1) is 0 Å². The van der Waals surface area contributed by atoms with E-state index in [9.17, 15) is 4.79 Å². The number of benzene rings is 1. The molecule has 2 rings (SSSR count). The SMILES string of the molecule is CC(C(=O)NC1CCN(C)CC1)c1cccc(N)c1. The van der Waals surface area contributed by atoms with Gasteiger partial charge in [0.1, 0.15) is 0 Å². The van der Waals surface area contributed by atoms with Crippen LogP contribution in [0.2, 0.25) is 0 Å². The van der Waals surface area contributed by atoms with E-state index in [0.29, 0.717) is 11.7 Å². The van der Waals surface area contributed by atoms with Crippen LogP contribution < -0.4 is 11.1 Å². The number of carbonyl (C=O) groups excluding carboxylic acids is 1. The summed E-state index contributed by atoms with van der Waals surface area (Å²) in [6.07, 6.45) is 2.07. The fraction of sp³-hybridized carbons (Fsp3) is 0.533. The van der Waals surface area contributed by atoms with E-state index in [1.54, 1.807) is 0 Å². The number of hydrogen-bond acceptors (Lipinski definition) is 3. The van der Waals surface area contributed by atoms with Crippen molar-refractivity contribution in [1.82, 2.24) is 10.2 Å². The molecule has 0 aromatic heterocycles. The molecule has 0 aliphatic carbocycles.